The van der Waals surface area contributed by atoms with Crippen LogP contribution in [0.5, 0.6) is 5.75 Å². The number of rotatable bonds is 5. The highest BCUT2D eigenvalue weighted by molar-refractivity contribution is 8.00. The number of alkyl halides is 3. The number of carbonyl (C=O) groups is 2. The second kappa shape index (κ2) is 10.7. The Morgan fingerprint density at radius 1 is 0.978 bits per heavy atom. The molecular weight excluding hydrogens is 657 g/mol. The van der Waals surface area contributed by atoms with Crippen LogP contribution in [0, 0.1) is 36.5 Å². The molecule has 2 bridgehead atoms. The van der Waals surface area contributed by atoms with Crippen molar-refractivity contribution in [3.05, 3.63) is 109 Å². The average molecular weight is 683 g/mol. The molecule has 2 saturated carbocycles. The predicted octanol–water partition coefficient (Wildman–Crippen LogP) is 7.67. The zero-order valence-corrected chi connectivity index (χ0v) is 26.6. The lowest BCUT2D eigenvalue weighted by molar-refractivity contribution is -0.137. The fourth-order valence-electron chi connectivity index (χ4n) is 8.18. The van der Waals surface area contributed by atoms with E-state index in [1.54, 1.807) is 6.07 Å². The molecule has 2 aliphatic carbocycles. The van der Waals surface area contributed by atoms with Gasteiger partial charge in [-0.25, -0.2) is 0 Å². The summed E-state index contributed by atoms with van der Waals surface area (Å²) in [6.07, 6.45) is -3.97. The summed E-state index contributed by atoms with van der Waals surface area (Å²) in [5, 5.41) is 1.14. The SMILES string of the molecule is Cc1ccc(COc2ccc(Cl)cc2C2c3sc(=O)[nH]c3SC3C2[C@H]2C[C@@H]3C3C(=O)N(c4cccc(C(F)(F)F)c4)C(=O)C32)cc1. The van der Waals surface area contributed by atoms with E-state index in [1.807, 2.05) is 43.3 Å². The van der Waals surface area contributed by atoms with Crippen molar-refractivity contribution in [3.63, 3.8) is 0 Å². The topological polar surface area (TPSA) is 79.5 Å². The number of hydrogen-bond donors (Lipinski definition) is 1. The third-order valence-corrected chi connectivity index (χ3v) is 12.8. The van der Waals surface area contributed by atoms with Gasteiger partial charge in [-0.3, -0.25) is 19.3 Å². The van der Waals surface area contributed by atoms with Gasteiger partial charge in [0.05, 0.1) is 28.1 Å². The number of aryl methyl sites for hydroxylation is 1. The maximum absolute atomic E-state index is 14.0. The smallest absolute Gasteiger partial charge is 0.416 e. The van der Waals surface area contributed by atoms with Crippen LogP contribution in [-0.4, -0.2) is 22.0 Å². The van der Waals surface area contributed by atoms with E-state index in [1.165, 1.54) is 23.9 Å². The van der Waals surface area contributed by atoms with Crippen molar-refractivity contribution in [2.45, 2.75) is 42.3 Å². The molecule has 1 N–H and O–H groups in total. The van der Waals surface area contributed by atoms with Crippen LogP contribution in [0.4, 0.5) is 18.9 Å². The standard InChI is InChI=1S/C34H26ClF3N2O4S2/c1-15-5-7-16(8-6-15)14-44-23-10-9-18(35)12-20(23)24-25-21-13-22(28(25)45-30-29(24)46-33(43)39-30)27-26(21)31(41)40(32(27)42)19-4-2-3-17(11-19)34(36,37)38/h2-12,21-22,24-28H,13-14H2,1H3,(H,39,43)/t21-,22-,24?,25?,26?,27?,28?/m1/s1. The normalized spacial score (nSPS) is 27.9. The number of thioether (sulfide) groups is 1. The Morgan fingerprint density at radius 2 is 1.72 bits per heavy atom. The summed E-state index contributed by atoms with van der Waals surface area (Å²) in [6, 6.07) is 17.9. The lowest BCUT2D eigenvalue weighted by Crippen LogP contribution is -2.42. The highest BCUT2D eigenvalue weighted by atomic mass is 35.5. The second-order valence-corrected chi connectivity index (χ2v) is 15.1. The number of nitrogens with zero attached hydrogens (tertiary/aromatic N) is 1. The third-order valence-electron chi connectivity index (χ3n) is 9.98. The fraction of sp³-hybridized carbons (Fsp3) is 0.324. The molecule has 0 radical (unpaired) electrons. The van der Waals surface area contributed by atoms with Gasteiger partial charge in [0.25, 0.3) is 0 Å². The summed E-state index contributed by atoms with van der Waals surface area (Å²) in [7, 11) is 0. The summed E-state index contributed by atoms with van der Waals surface area (Å²) in [5.74, 6) is -2.47. The van der Waals surface area contributed by atoms with Crippen LogP contribution in [0.25, 0.3) is 0 Å². The Labute approximate surface area is 274 Å². The van der Waals surface area contributed by atoms with E-state index < -0.39 is 35.4 Å². The summed E-state index contributed by atoms with van der Waals surface area (Å²) in [6.45, 7) is 2.33. The molecule has 1 saturated heterocycles. The quantitative estimate of drug-likeness (QED) is 0.219. The highest BCUT2D eigenvalue weighted by Crippen LogP contribution is 2.69. The van der Waals surface area contributed by atoms with Crippen molar-refractivity contribution >= 4 is 52.2 Å². The molecular formula is C34H26ClF3N2O4S2. The first-order chi connectivity index (χ1) is 22.0. The van der Waals surface area contributed by atoms with Crippen molar-refractivity contribution in [1.82, 2.24) is 4.98 Å². The van der Waals surface area contributed by atoms with E-state index in [0.717, 1.165) is 55.0 Å². The van der Waals surface area contributed by atoms with Gasteiger partial charge in [-0.1, -0.05) is 58.8 Å². The fourth-order valence-corrected chi connectivity index (χ4v) is 11.2. The number of fused-ring (bicyclic) bond motifs is 9. The summed E-state index contributed by atoms with van der Waals surface area (Å²) in [5.41, 5.74) is 1.96. The molecule has 7 atom stereocenters. The summed E-state index contributed by atoms with van der Waals surface area (Å²) in [4.78, 5) is 45.2. The molecule has 6 nitrogen and oxygen atoms in total. The highest BCUT2D eigenvalue weighted by Gasteiger charge is 2.70. The van der Waals surface area contributed by atoms with Crippen molar-refractivity contribution in [2.24, 2.45) is 29.6 Å². The van der Waals surface area contributed by atoms with Crippen molar-refractivity contribution < 1.29 is 27.5 Å². The minimum atomic E-state index is -4.61. The van der Waals surface area contributed by atoms with E-state index in [4.69, 9.17) is 16.3 Å². The molecule has 12 heteroatoms. The molecule has 3 heterocycles. The molecule has 2 amide bonds. The van der Waals surface area contributed by atoms with Gasteiger partial charge in [0.1, 0.15) is 12.4 Å². The number of anilines is 1. The molecule has 4 aliphatic rings. The number of hydrogen-bond acceptors (Lipinski definition) is 6. The molecule has 2 aliphatic heterocycles. The first-order valence-electron chi connectivity index (χ1n) is 14.9. The van der Waals surface area contributed by atoms with E-state index in [-0.39, 0.29) is 39.5 Å². The van der Waals surface area contributed by atoms with E-state index >= 15 is 0 Å². The van der Waals surface area contributed by atoms with Gasteiger partial charge in [0.15, 0.2) is 0 Å². The molecule has 1 aromatic heterocycles. The number of halogens is 4. The second-order valence-electron chi connectivity index (χ2n) is 12.5. The number of carbonyl (C=O) groups excluding carboxylic acids is 2. The molecule has 0 spiro atoms. The number of H-pyrrole nitrogens is 1. The number of imide groups is 1. The van der Waals surface area contributed by atoms with Gasteiger partial charge in [-0.15, -0.1) is 11.8 Å². The Hall–Kier alpha value is -3.54. The van der Waals surface area contributed by atoms with Crippen LogP contribution >= 0.6 is 34.7 Å². The lowest BCUT2D eigenvalue weighted by atomic mass is 9.68. The van der Waals surface area contributed by atoms with Crippen molar-refractivity contribution in [1.29, 1.82) is 0 Å². The number of nitrogens with one attached hydrogen (secondary N) is 1. The average Bonchev–Trinajstić information content (AvgIpc) is 3.75. The van der Waals surface area contributed by atoms with E-state index in [0.29, 0.717) is 23.8 Å². The molecule has 3 aromatic carbocycles. The monoisotopic (exact) mass is 682 g/mol. The van der Waals surface area contributed by atoms with Crippen LogP contribution < -0.4 is 14.5 Å². The number of aromatic amines is 1. The van der Waals surface area contributed by atoms with Gasteiger partial charge in [-0.05, 0) is 73.1 Å². The molecule has 8 rings (SSSR count). The maximum Gasteiger partial charge on any atom is 0.416 e. The number of ether oxygens (including phenoxy) is 1. The van der Waals surface area contributed by atoms with E-state index in [2.05, 4.69) is 4.98 Å². The molecule has 4 aromatic rings. The molecule has 46 heavy (non-hydrogen) atoms. The zero-order valence-electron chi connectivity index (χ0n) is 24.2. The zero-order chi connectivity index (χ0) is 32.1. The first-order valence-corrected chi connectivity index (χ1v) is 17.0. The van der Waals surface area contributed by atoms with Crippen molar-refractivity contribution in [3.8, 4) is 5.75 Å². The van der Waals surface area contributed by atoms with Crippen LogP contribution in [0.15, 0.2) is 76.6 Å². The van der Waals surface area contributed by atoms with Crippen LogP contribution in [0.3, 0.4) is 0 Å². The van der Waals surface area contributed by atoms with Gasteiger partial charge < -0.3 is 9.72 Å². The minimum absolute atomic E-state index is 0.0594. The number of thiazole rings is 1. The van der Waals surface area contributed by atoms with Gasteiger partial charge in [-0.2, -0.15) is 13.2 Å². The molecule has 5 unspecified atom stereocenters. The largest absolute Gasteiger partial charge is 0.489 e. The Balaban J connectivity index is 1.18. The molecule has 236 valence electrons. The van der Waals surface area contributed by atoms with Gasteiger partial charge >= 0.3 is 11.0 Å². The van der Waals surface area contributed by atoms with Crippen LogP contribution in [0.1, 0.15) is 39.5 Å². The van der Waals surface area contributed by atoms with Crippen LogP contribution in [-0.2, 0) is 22.4 Å². The molecule has 3 fully saturated rings. The maximum atomic E-state index is 14.0. The van der Waals surface area contributed by atoms with Gasteiger partial charge in [0.2, 0.25) is 11.8 Å². The summed E-state index contributed by atoms with van der Waals surface area (Å²) < 4.78 is 47.0. The predicted molar refractivity (Wildman–Crippen MR) is 169 cm³/mol. The number of amides is 2. The van der Waals surface area contributed by atoms with E-state index in [9.17, 15) is 27.6 Å². The third kappa shape index (κ3) is 4.65. The Morgan fingerprint density at radius 3 is 2.46 bits per heavy atom. The first kappa shape index (κ1) is 29.8. The number of aromatic nitrogens is 1. The van der Waals surface area contributed by atoms with Crippen LogP contribution in [0.2, 0.25) is 5.02 Å². The number of benzene rings is 3. The minimum Gasteiger partial charge on any atom is -0.489 e. The van der Waals surface area contributed by atoms with Gasteiger partial charge in [0, 0.05) is 26.6 Å². The lowest BCUT2D eigenvalue weighted by Gasteiger charge is -2.43. The summed E-state index contributed by atoms with van der Waals surface area (Å²) >= 11 is 9.24. The Kier molecular flexibility index (Phi) is 6.97. The van der Waals surface area contributed by atoms with Crippen molar-refractivity contribution in [2.75, 3.05) is 4.90 Å². The Bertz CT molecular complexity index is 1960.